The van der Waals surface area contributed by atoms with Gasteiger partial charge in [-0.05, 0) is 37.3 Å². The molecule has 0 fully saturated rings. The maximum absolute atomic E-state index is 12.7. The van der Waals surface area contributed by atoms with Crippen molar-refractivity contribution >= 4 is 29.3 Å². The SMILES string of the molecule is Cc1ccc(NC(=O)CSc2ccccc2C(=O)NCc2ccccc2OC(F)(F)F)cc1. The van der Waals surface area contributed by atoms with Crippen molar-refractivity contribution in [1.29, 1.82) is 0 Å². The lowest BCUT2D eigenvalue weighted by Crippen LogP contribution is -2.25. The van der Waals surface area contributed by atoms with E-state index in [-0.39, 0.29) is 29.5 Å². The fourth-order valence-electron chi connectivity index (χ4n) is 2.90. The Hall–Kier alpha value is -3.46. The first-order chi connectivity index (χ1) is 15.7. The van der Waals surface area contributed by atoms with Gasteiger partial charge in [-0.25, -0.2) is 0 Å². The molecule has 0 saturated heterocycles. The number of hydrogen-bond acceptors (Lipinski definition) is 4. The quantitative estimate of drug-likeness (QED) is 0.420. The van der Waals surface area contributed by atoms with Crippen molar-refractivity contribution in [3.63, 3.8) is 0 Å². The molecule has 3 aromatic carbocycles. The van der Waals surface area contributed by atoms with Crippen molar-refractivity contribution in [2.24, 2.45) is 0 Å². The summed E-state index contributed by atoms with van der Waals surface area (Å²) >= 11 is 1.19. The Balaban J connectivity index is 1.61. The number of halogens is 3. The monoisotopic (exact) mass is 474 g/mol. The Morgan fingerprint density at radius 3 is 2.33 bits per heavy atom. The number of aryl methyl sites for hydroxylation is 1. The van der Waals surface area contributed by atoms with Gasteiger partial charge in [-0.1, -0.05) is 48.0 Å². The maximum atomic E-state index is 12.7. The van der Waals surface area contributed by atoms with Gasteiger partial charge in [0.1, 0.15) is 5.75 Å². The second kappa shape index (κ2) is 10.9. The molecule has 2 N–H and O–H groups in total. The van der Waals surface area contributed by atoms with Crippen molar-refractivity contribution in [3.05, 3.63) is 89.5 Å². The number of para-hydroxylation sites is 1. The highest BCUT2D eigenvalue weighted by molar-refractivity contribution is 8.00. The minimum atomic E-state index is -4.83. The number of carbonyl (C=O) groups is 2. The summed E-state index contributed by atoms with van der Waals surface area (Å²) in [5.41, 5.74) is 2.26. The van der Waals surface area contributed by atoms with Gasteiger partial charge in [0, 0.05) is 22.7 Å². The van der Waals surface area contributed by atoms with Crippen LogP contribution in [0.2, 0.25) is 0 Å². The van der Waals surface area contributed by atoms with Crippen molar-refractivity contribution in [2.45, 2.75) is 24.7 Å². The Bertz CT molecular complexity index is 1120. The molecule has 3 rings (SSSR count). The first-order valence-electron chi connectivity index (χ1n) is 9.91. The van der Waals surface area contributed by atoms with Crippen LogP contribution in [-0.2, 0) is 11.3 Å². The highest BCUT2D eigenvalue weighted by Gasteiger charge is 2.32. The minimum absolute atomic E-state index is 0.0838. The molecule has 0 bridgehead atoms. The molecule has 0 aliphatic heterocycles. The first kappa shape index (κ1) is 24.2. The highest BCUT2D eigenvalue weighted by Crippen LogP contribution is 2.27. The van der Waals surface area contributed by atoms with E-state index in [0.717, 1.165) is 5.56 Å². The van der Waals surface area contributed by atoms with E-state index < -0.39 is 12.3 Å². The summed E-state index contributed by atoms with van der Waals surface area (Å²) in [4.78, 5) is 25.6. The van der Waals surface area contributed by atoms with E-state index in [1.807, 2.05) is 19.1 Å². The Labute approximate surface area is 193 Å². The average Bonchev–Trinajstić information content (AvgIpc) is 2.77. The molecule has 0 radical (unpaired) electrons. The summed E-state index contributed by atoms with van der Waals surface area (Å²) in [6.07, 6.45) is -4.83. The van der Waals surface area contributed by atoms with Gasteiger partial charge in [-0.3, -0.25) is 9.59 Å². The molecular weight excluding hydrogens is 453 g/mol. The zero-order valence-electron chi connectivity index (χ0n) is 17.6. The number of ether oxygens (including phenoxy) is 1. The van der Waals surface area contributed by atoms with E-state index >= 15 is 0 Å². The molecule has 0 unspecified atom stereocenters. The van der Waals surface area contributed by atoms with Crippen molar-refractivity contribution in [1.82, 2.24) is 5.32 Å². The van der Waals surface area contributed by atoms with E-state index in [2.05, 4.69) is 15.4 Å². The molecule has 0 aliphatic rings. The van der Waals surface area contributed by atoms with Gasteiger partial charge in [0.2, 0.25) is 5.91 Å². The fourth-order valence-corrected chi connectivity index (χ4v) is 3.75. The van der Waals surface area contributed by atoms with Gasteiger partial charge in [-0.15, -0.1) is 24.9 Å². The summed E-state index contributed by atoms with van der Waals surface area (Å²) in [6.45, 7) is 1.80. The largest absolute Gasteiger partial charge is 0.573 e. The molecule has 0 atom stereocenters. The second-order valence-electron chi connectivity index (χ2n) is 7.04. The van der Waals surface area contributed by atoms with Crippen LogP contribution < -0.4 is 15.4 Å². The second-order valence-corrected chi connectivity index (χ2v) is 8.05. The molecule has 3 aromatic rings. The van der Waals surface area contributed by atoms with Gasteiger partial charge in [0.05, 0.1) is 11.3 Å². The van der Waals surface area contributed by atoms with Crippen LogP contribution >= 0.6 is 11.8 Å². The Morgan fingerprint density at radius 2 is 1.61 bits per heavy atom. The lowest BCUT2D eigenvalue weighted by Gasteiger charge is -2.14. The number of carbonyl (C=O) groups excluding carboxylic acids is 2. The summed E-state index contributed by atoms with van der Waals surface area (Å²) < 4.78 is 41.8. The maximum Gasteiger partial charge on any atom is 0.573 e. The Kier molecular flexibility index (Phi) is 8.00. The zero-order valence-corrected chi connectivity index (χ0v) is 18.4. The third-order valence-electron chi connectivity index (χ3n) is 4.46. The van der Waals surface area contributed by atoms with Crippen molar-refractivity contribution < 1.29 is 27.5 Å². The molecular formula is C24H21F3N2O3S. The molecule has 9 heteroatoms. The molecule has 0 saturated carbocycles. The van der Waals surface area contributed by atoms with Crippen LogP contribution in [0.1, 0.15) is 21.5 Å². The topological polar surface area (TPSA) is 67.4 Å². The van der Waals surface area contributed by atoms with Crippen molar-refractivity contribution in [3.8, 4) is 5.75 Å². The number of nitrogens with one attached hydrogen (secondary N) is 2. The number of alkyl halides is 3. The third kappa shape index (κ3) is 7.57. The average molecular weight is 475 g/mol. The molecule has 0 heterocycles. The number of benzene rings is 3. The molecule has 5 nitrogen and oxygen atoms in total. The first-order valence-corrected chi connectivity index (χ1v) is 10.9. The van der Waals surface area contributed by atoms with Gasteiger partial charge in [0.25, 0.3) is 5.91 Å². The van der Waals surface area contributed by atoms with E-state index in [4.69, 9.17) is 0 Å². The van der Waals surface area contributed by atoms with Gasteiger partial charge < -0.3 is 15.4 Å². The molecule has 0 spiro atoms. The van der Waals surface area contributed by atoms with E-state index in [9.17, 15) is 22.8 Å². The van der Waals surface area contributed by atoms with Crippen LogP contribution in [0.25, 0.3) is 0 Å². The Morgan fingerprint density at radius 1 is 0.939 bits per heavy atom. The van der Waals surface area contributed by atoms with Crippen LogP contribution in [0.5, 0.6) is 5.75 Å². The van der Waals surface area contributed by atoms with Crippen molar-refractivity contribution in [2.75, 3.05) is 11.1 Å². The van der Waals surface area contributed by atoms with Crippen LogP contribution in [-0.4, -0.2) is 23.9 Å². The summed E-state index contributed by atoms with van der Waals surface area (Å²) in [7, 11) is 0. The number of anilines is 1. The van der Waals surface area contributed by atoms with Crippen LogP contribution in [0, 0.1) is 6.92 Å². The van der Waals surface area contributed by atoms with Crippen LogP contribution in [0.3, 0.4) is 0 Å². The van der Waals surface area contributed by atoms with Crippen LogP contribution in [0.4, 0.5) is 18.9 Å². The molecule has 172 valence electrons. The molecule has 0 aliphatic carbocycles. The van der Waals surface area contributed by atoms with E-state index in [1.54, 1.807) is 42.5 Å². The number of rotatable bonds is 8. The summed E-state index contributed by atoms with van der Waals surface area (Å²) in [5, 5.41) is 5.41. The standard InChI is InChI=1S/C24H21F3N2O3S/c1-16-10-12-18(13-11-16)29-22(30)15-33-21-9-5-3-7-19(21)23(31)28-14-17-6-2-4-8-20(17)32-24(25,26)27/h2-13H,14-15H2,1H3,(H,28,31)(H,29,30). The molecule has 0 aromatic heterocycles. The fraction of sp³-hybridized carbons (Fsp3) is 0.167. The number of hydrogen-bond donors (Lipinski definition) is 2. The van der Waals surface area contributed by atoms with Crippen LogP contribution in [0.15, 0.2) is 77.7 Å². The lowest BCUT2D eigenvalue weighted by molar-refractivity contribution is -0.274. The normalized spacial score (nSPS) is 11.0. The van der Waals surface area contributed by atoms with Gasteiger partial charge in [0.15, 0.2) is 0 Å². The van der Waals surface area contributed by atoms with Gasteiger partial charge >= 0.3 is 6.36 Å². The minimum Gasteiger partial charge on any atom is -0.405 e. The van der Waals surface area contributed by atoms with Gasteiger partial charge in [-0.2, -0.15) is 0 Å². The van der Waals surface area contributed by atoms with E-state index in [1.165, 1.54) is 30.0 Å². The smallest absolute Gasteiger partial charge is 0.405 e. The third-order valence-corrected chi connectivity index (χ3v) is 5.54. The predicted molar refractivity (Wildman–Crippen MR) is 121 cm³/mol. The zero-order chi connectivity index (χ0) is 23.8. The highest BCUT2D eigenvalue weighted by atomic mass is 32.2. The predicted octanol–water partition coefficient (Wildman–Crippen LogP) is 5.55. The molecule has 33 heavy (non-hydrogen) atoms. The molecule has 2 amide bonds. The lowest BCUT2D eigenvalue weighted by atomic mass is 10.1. The number of amides is 2. The number of thioether (sulfide) groups is 1. The summed E-state index contributed by atoms with van der Waals surface area (Å²) in [5.74, 6) is -0.989. The van der Waals surface area contributed by atoms with E-state index in [0.29, 0.717) is 16.1 Å². The summed E-state index contributed by atoms with van der Waals surface area (Å²) in [6, 6.07) is 19.7.